The summed E-state index contributed by atoms with van der Waals surface area (Å²) in [6.45, 7) is 1.75. The lowest BCUT2D eigenvalue weighted by molar-refractivity contribution is 0.573. The molecule has 0 spiro atoms. The molecule has 0 amide bonds. The van der Waals surface area contributed by atoms with Gasteiger partial charge in [-0.3, -0.25) is 4.79 Å². The van der Waals surface area contributed by atoms with Crippen LogP contribution in [0.25, 0.3) is 22.2 Å². The minimum atomic E-state index is -0.205. The number of hydrogen-bond donors (Lipinski definition) is 0. The summed E-state index contributed by atoms with van der Waals surface area (Å²) < 4.78 is 8.09. The molecule has 0 radical (unpaired) electrons. The first kappa shape index (κ1) is 16.5. The summed E-state index contributed by atoms with van der Waals surface area (Å²) in [7, 11) is 0. The molecule has 0 saturated carbocycles. The summed E-state index contributed by atoms with van der Waals surface area (Å²) >= 11 is 3.41. The molecule has 2 aromatic heterocycles. The van der Waals surface area contributed by atoms with Gasteiger partial charge in [0.2, 0.25) is 0 Å². The van der Waals surface area contributed by atoms with Crippen molar-refractivity contribution in [3.63, 3.8) is 0 Å². The third kappa shape index (κ3) is 3.11. The van der Waals surface area contributed by atoms with E-state index < -0.39 is 0 Å². The highest BCUT2D eigenvalue weighted by molar-refractivity contribution is 9.10. The van der Waals surface area contributed by atoms with Crippen molar-refractivity contribution in [3.05, 3.63) is 87.1 Å². The first-order valence-electron chi connectivity index (χ1n) is 8.00. The lowest BCUT2D eigenvalue weighted by Crippen LogP contribution is -2.20. The van der Waals surface area contributed by atoms with E-state index in [2.05, 4.69) is 26.0 Å². The Balaban J connectivity index is 1.68. The Morgan fingerprint density at radius 3 is 2.65 bits per heavy atom. The van der Waals surface area contributed by atoms with Crippen LogP contribution < -0.4 is 5.56 Å². The predicted octanol–water partition coefficient (Wildman–Crippen LogP) is 4.61. The topological polar surface area (TPSA) is 60.4 Å². The molecule has 5 nitrogen and oxygen atoms in total. The van der Waals surface area contributed by atoms with Crippen LogP contribution in [0.5, 0.6) is 0 Å². The molecule has 0 atom stereocenters. The van der Waals surface area contributed by atoms with Crippen molar-refractivity contribution in [1.29, 1.82) is 0 Å². The van der Waals surface area contributed by atoms with Gasteiger partial charge in [-0.15, -0.1) is 0 Å². The second-order valence-electron chi connectivity index (χ2n) is 5.75. The largest absolute Gasteiger partial charge is 0.455 e. The SMILES string of the molecule is Cc1nc2ccccc2c(=O)n1/N=C/c1ccc(-c2ccc(Br)cc2)o1. The maximum absolute atomic E-state index is 12.6. The van der Waals surface area contributed by atoms with Crippen LogP contribution in [-0.4, -0.2) is 15.9 Å². The van der Waals surface area contributed by atoms with Gasteiger partial charge < -0.3 is 4.42 Å². The lowest BCUT2D eigenvalue weighted by atomic mass is 10.2. The Kier molecular flexibility index (Phi) is 4.26. The summed E-state index contributed by atoms with van der Waals surface area (Å²) in [4.78, 5) is 17.0. The van der Waals surface area contributed by atoms with E-state index in [-0.39, 0.29) is 5.56 Å². The van der Waals surface area contributed by atoms with Crippen LogP contribution in [0.15, 0.2) is 79.4 Å². The smallest absolute Gasteiger partial charge is 0.282 e. The molecule has 4 aromatic rings. The summed E-state index contributed by atoms with van der Waals surface area (Å²) in [5.41, 5.74) is 1.43. The number of aryl methyl sites for hydroxylation is 1. The van der Waals surface area contributed by atoms with Crippen molar-refractivity contribution in [1.82, 2.24) is 9.66 Å². The highest BCUT2D eigenvalue weighted by atomic mass is 79.9. The van der Waals surface area contributed by atoms with E-state index in [1.165, 1.54) is 10.9 Å². The van der Waals surface area contributed by atoms with Gasteiger partial charge in [-0.25, -0.2) is 4.98 Å². The molecule has 0 fully saturated rings. The molecule has 0 bridgehead atoms. The van der Waals surface area contributed by atoms with Crippen molar-refractivity contribution in [2.45, 2.75) is 6.92 Å². The minimum absolute atomic E-state index is 0.205. The van der Waals surface area contributed by atoms with Crippen LogP contribution in [0.2, 0.25) is 0 Å². The summed E-state index contributed by atoms with van der Waals surface area (Å²) in [5, 5.41) is 4.79. The molecule has 128 valence electrons. The van der Waals surface area contributed by atoms with Crippen LogP contribution in [0.1, 0.15) is 11.6 Å². The van der Waals surface area contributed by atoms with E-state index in [1.807, 2.05) is 54.6 Å². The maximum atomic E-state index is 12.6. The van der Waals surface area contributed by atoms with Crippen molar-refractivity contribution in [2.75, 3.05) is 0 Å². The maximum Gasteiger partial charge on any atom is 0.282 e. The van der Waals surface area contributed by atoms with Crippen molar-refractivity contribution in [2.24, 2.45) is 5.10 Å². The second kappa shape index (κ2) is 6.72. The van der Waals surface area contributed by atoms with Crippen LogP contribution >= 0.6 is 15.9 Å². The minimum Gasteiger partial charge on any atom is -0.455 e. The number of hydrogen-bond acceptors (Lipinski definition) is 4. The van der Waals surface area contributed by atoms with E-state index in [0.717, 1.165) is 15.8 Å². The number of nitrogens with zero attached hydrogens (tertiary/aromatic N) is 3. The molecule has 2 aromatic carbocycles. The monoisotopic (exact) mass is 407 g/mol. The van der Waals surface area contributed by atoms with E-state index in [9.17, 15) is 4.79 Å². The number of benzene rings is 2. The molecule has 0 saturated heterocycles. The summed E-state index contributed by atoms with van der Waals surface area (Å²) in [5.74, 6) is 1.81. The standard InChI is InChI=1S/C20H14BrN3O2/c1-13-23-18-5-3-2-4-17(18)20(25)24(13)22-12-16-10-11-19(26-16)14-6-8-15(21)9-7-14/h2-12H,1H3/b22-12+. The number of halogens is 1. The molecule has 4 rings (SSSR count). The summed E-state index contributed by atoms with van der Waals surface area (Å²) in [6.07, 6.45) is 1.52. The fourth-order valence-electron chi connectivity index (χ4n) is 2.68. The van der Waals surface area contributed by atoms with Crippen LogP contribution in [0, 0.1) is 6.92 Å². The van der Waals surface area contributed by atoms with Gasteiger partial charge in [0.05, 0.1) is 17.1 Å². The van der Waals surface area contributed by atoms with Crippen LogP contribution in [0.4, 0.5) is 0 Å². The normalized spacial score (nSPS) is 11.5. The lowest BCUT2D eigenvalue weighted by Gasteiger charge is -2.04. The van der Waals surface area contributed by atoms with E-state index >= 15 is 0 Å². The average Bonchev–Trinajstić information content (AvgIpc) is 3.11. The molecule has 26 heavy (non-hydrogen) atoms. The molecule has 2 heterocycles. The highest BCUT2D eigenvalue weighted by Gasteiger charge is 2.07. The average molecular weight is 408 g/mol. The van der Waals surface area contributed by atoms with E-state index in [1.54, 1.807) is 13.0 Å². The third-order valence-corrected chi connectivity index (χ3v) is 4.50. The van der Waals surface area contributed by atoms with Crippen molar-refractivity contribution in [3.8, 4) is 11.3 Å². The molecule has 0 unspecified atom stereocenters. The first-order chi connectivity index (χ1) is 12.6. The molecule has 0 N–H and O–H groups in total. The zero-order valence-electron chi connectivity index (χ0n) is 13.9. The van der Waals surface area contributed by atoms with Gasteiger partial charge in [0.15, 0.2) is 0 Å². The number of aromatic nitrogens is 2. The zero-order valence-corrected chi connectivity index (χ0v) is 15.5. The van der Waals surface area contributed by atoms with Crippen molar-refractivity contribution >= 4 is 33.0 Å². The first-order valence-corrected chi connectivity index (χ1v) is 8.80. The number of furan rings is 1. The Bertz CT molecular complexity index is 1170. The molecular formula is C20H14BrN3O2. The van der Waals surface area contributed by atoms with Gasteiger partial charge in [-0.2, -0.15) is 9.78 Å². The predicted molar refractivity (Wildman–Crippen MR) is 106 cm³/mol. The van der Waals surface area contributed by atoms with Gasteiger partial charge in [0, 0.05) is 10.0 Å². The van der Waals surface area contributed by atoms with Gasteiger partial charge in [-0.05, 0) is 43.3 Å². The molecular weight excluding hydrogens is 394 g/mol. The molecule has 6 heteroatoms. The van der Waals surface area contributed by atoms with Gasteiger partial charge in [0.25, 0.3) is 5.56 Å². The highest BCUT2D eigenvalue weighted by Crippen LogP contribution is 2.23. The summed E-state index contributed by atoms with van der Waals surface area (Å²) in [6, 6.07) is 18.8. The third-order valence-electron chi connectivity index (χ3n) is 3.97. The number of rotatable bonds is 3. The Labute approximate surface area is 157 Å². The molecule has 0 aliphatic rings. The van der Waals surface area contributed by atoms with Crippen LogP contribution in [-0.2, 0) is 0 Å². The van der Waals surface area contributed by atoms with Crippen molar-refractivity contribution < 1.29 is 4.42 Å². The number of fused-ring (bicyclic) bond motifs is 1. The molecule has 0 aliphatic heterocycles. The van der Waals surface area contributed by atoms with Gasteiger partial charge in [-0.1, -0.05) is 40.2 Å². The zero-order chi connectivity index (χ0) is 18.1. The second-order valence-corrected chi connectivity index (χ2v) is 6.66. The van der Waals surface area contributed by atoms with Gasteiger partial charge >= 0.3 is 0 Å². The van der Waals surface area contributed by atoms with Gasteiger partial charge in [0.1, 0.15) is 17.3 Å². The Hall–Kier alpha value is -2.99. The Morgan fingerprint density at radius 1 is 1.08 bits per heavy atom. The fourth-order valence-corrected chi connectivity index (χ4v) is 2.94. The van der Waals surface area contributed by atoms with Crippen LogP contribution in [0.3, 0.4) is 0 Å². The Morgan fingerprint density at radius 2 is 1.85 bits per heavy atom. The fraction of sp³-hybridized carbons (Fsp3) is 0.0500. The molecule has 0 aliphatic carbocycles. The number of para-hydroxylation sites is 1. The quantitative estimate of drug-likeness (QED) is 0.465. The van der Waals surface area contributed by atoms with E-state index in [0.29, 0.717) is 22.5 Å². The van der Waals surface area contributed by atoms with E-state index in [4.69, 9.17) is 4.42 Å².